The lowest BCUT2D eigenvalue weighted by molar-refractivity contribution is -0.175. The largest absolute Gasteiger partial charge is 0.507 e. The summed E-state index contributed by atoms with van der Waals surface area (Å²) in [6.07, 6.45) is 0.611. The smallest absolute Gasteiger partial charge is 0.235 e. The second kappa shape index (κ2) is 7.06. The van der Waals surface area contributed by atoms with Gasteiger partial charge in [-0.15, -0.1) is 0 Å². The molecule has 4 rings (SSSR count). The van der Waals surface area contributed by atoms with Crippen LogP contribution in [0.5, 0.6) is 5.75 Å². The Morgan fingerprint density at radius 1 is 1.16 bits per heavy atom. The maximum atomic E-state index is 13.4. The lowest BCUT2D eigenvalue weighted by Crippen LogP contribution is -2.68. The summed E-state index contributed by atoms with van der Waals surface area (Å²) in [6.45, 7) is 1.89. The predicted octanol–water partition coefficient (Wildman–Crippen LogP) is -0.652. The zero-order valence-electron chi connectivity index (χ0n) is 17.0. The molecule has 0 radical (unpaired) electrons. The van der Waals surface area contributed by atoms with Crippen LogP contribution in [0.3, 0.4) is 0 Å². The summed E-state index contributed by atoms with van der Waals surface area (Å²) in [6, 6.07) is 1.74. The fraction of sp³-hybridized carbons (Fsp3) is 0.500. The Morgan fingerprint density at radius 2 is 1.84 bits per heavy atom. The monoisotopic (exact) mass is 428 g/mol. The normalized spacial score (nSPS) is 32.4. The average Bonchev–Trinajstić information content (AvgIpc) is 2.70. The highest BCUT2D eigenvalue weighted by molar-refractivity contribution is 6.31. The molecule has 0 bridgehead atoms. The number of carbonyl (C=O) groups is 5. The SMILES string of the molecule is CCc1cc(CN)c(O)c2c1C[C@H]1C[C@H]3CC(=O)C(C(N)=O)C(=O)[C@@]3(O)C(=O)C1C2=O. The summed E-state index contributed by atoms with van der Waals surface area (Å²) in [4.78, 5) is 63.6. The van der Waals surface area contributed by atoms with Gasteiger partial charge in [0.25, 0.3) is 0 Å². The van der Waals surface area contributed by atoms with Gasteiger partial charge < -0.3 is 21.7 Å². The Bertz CT molecular complexity index is 1060. The van der Waals surface area contributed by atoms with Crippen LogP contribution in [0.25, 0.3) is 0 Å². The van der Waals surface area contributed by atoms with Crippen molar-refractivity contribution in [3.05, 3.63) is 28.3 Å². The summed E-state index contributed by atoms with van der Waals surface area (Å²) >= 11 is 0. The molecule has 0 aliphatic heterocycles. The van der Waals surface area contributed by atoms with Crippen LogP contribution in [0.15, 0.2) is 6.07 Å². The van der Waals surface area contributed by atoms with Gasteiger partial charge in [0.2, 0.25) is 5.91 Å². The number of hydrogen-bond donors (Lipinski definition) is 4. The number of hydrogen-bond acceptors (Lipinski definition) is 8. The number of amides is 1. The number of benzene rings is 1. The van der Waals surface area contributed by atoms with Gasteiger partial charge in [0.05, 0.1) is 11.5 Å². The summed E-state index contributed by atoms with van der Waals surface area (Å²) in [5, 5.41) is 21.8. The minimum Gasteiger partial charge on any atom is -0.507 e. The van der Waals surface area contributed by atoms with Gasteiger partial charge in [-0.2, -0.15) is 0 Å². The van der Waals surface area contributed by atoms with Crippen LogP contribution in [0.2, 0.25) is 0 Å². The maximum Gasteiger partial charge on any atom is 0.235 e. The third-order valence-electron chi connectivity index (χ3n) is 7.17. The number of aryl methyl sites for hydroxylation is 1. The standard InChI is InChI=1S/C22H24N2O7/c1-2-8-3-10(7-23)17(26)15-12(8)5-9-4-11-6-13(25)16(21(24)30)20(29)22(11,31)19(28)14(9)18(15)27/h3,9,11,14,16,26,31H,2,4-7,23H2,1H3,(H2,24,30)/t9-,11+,14?,16?,22+/m1/s1. The van der Waals surface area contributed by atoms with E-state index in [9.17, 15) is 34.2 Å². The molecule has 3 aliphatic carbocycles. The molecule has 5 atom stereocenters. The molecule has 2 unspecified atom stereocenters. The van der Waals surface area contributed by atoms with Gasteiger partial charge in [-0.1, -0.05) is 13.0 Å². The van der Waals surface area contributed by atoms with E-state index in [4.69, 9.17) is 11.5 Å². The van der Waals surface area contributed by atoms with Gasteiger partial charge in [-0.05, 0) is 36.3 Å². The van der Waals surface area contributed by atoms with Crippen molar-refractivity contribution in [3.63, 3.8) is 0 Å². The number of ketones is 4. The lowest BCUT2D eigenvalue weighted by atomic mass is 9.53. The molecule has 164 valence electrons. The van der Waals surface area contributed by atoms with Gasteiger partial charge >= 0.3 is 0 Å². The second-order valence-corrected chi connectivity index (χ2v) is 8.69. The molecule has 1 aromatic rings. The Hall–Kier alpha value is -2.91. The van der Waals surface area contributed by atoms with Crippen molar-refractivity contribution in [1.29, 1.82) is 0 Å². The number of phenolic OH excluding ortho intramolecular Hbond substituents is 1. The highest BCUT2D eigenvalue weighted by Crippen LogP contribution is 2.50. The Labute approximate surface area is 177 Å². The number of phenols is 1. The van der Waals surface area contributed by atoms with Crippen LogP contribution in [-0.4, -0.2) is 44.9 Å². The molecule has 6 N–H and O–H groups in total. The molecular weight excluding hydrogens is 404 g/mol. The molecule has 0 spiro atoms. The average molecular weight is 428 g/mol. The molecule has 2 saturated carbocycles. The Balaban J connectivity index is 1.84. The van der Waals surface area contributed by atoms with E-state index in [1.165, 1.54) is 0 Å². The van der Waals surface area contributed by atoms with Gasteiger partial charge in [0, 0.05) is 24.4 Å². The van der Waals surface area contributed by atoms with Crippen LogP contribution >= 0.6 is 0 Å². The van der Waals surface area contributed by atoms with Crippen LogP contribution in [0.1, 0.15) is 46.8 Å². The number of nitrogens with two attached hydrogens (primary N) is 2. The highest BCUT2D eigenvalue weighted by Gasteiger charge is 2.66. The predicted molar refractivity (Wildman–Crippen MR) is 106 cm³/mol. The van der Waals surface area contributed by atoms with Gasteiger partial charge in [-0.25, -0.2) is 0 Å². The Morgan fingerprint density at radius 3 is 2.42 bits per heavy atom. The fourth-order valence-corrected chi connectivity index (χ4v) is 5.64. The molecule has 0 aromatic heterocycles. The first kappa shape index (κ1) is 21.3. The van der Waals surface area contributed by atoms with Crippen LogP contribution < -0.4 is 11.5 Å². The van der Waals surface area contributed by atoms with Crippen molar-refractivity contribution < 1.29 is 34.2 Å². The second-order valence-electron chi connectivity index (χ2n) is 8.69. The number of primary amides is 1. The topological polar surface area (TPSA) is 178 Å². The molecular formula is C22H24N2O7. The number of carbonyl (C=O) groups excluding carboxylic acids is 5. The van der Waals surface area contributed by atoms with Crippen molar-refractivity contribution in [2.24, 2.45) is 35.1 Å². The first-order chi connectivity index (χ1) is 14.6. The third-order valence-corrected chi connectivity index (χ3v) is 7.17. The molecule has 9 nitrogen and oxygen atoms in total. The van der Waals surface area contributed by atoms with E-state index in [1.807, 2.05) is 6.92 Å². The van der Waals surface area contributed by atoms with Gasteiger partial charge in [-0.3, -0.25) is 24.0 Å². The van der Waals surface area contributed by atoms with Crippen molar-refractivity contribution in [2.75, 3.05) is 0 Å². The van der Waals surface area contributed by atoms with E-state index in [2.05, 4.69) is 0 Å². The van der Waals surface area contributed by atoms with E-state index in [-0.39, 0.29) is 37.1 Å². The number of rotatable bonds is 3. The van der Waals surface area contributed by atoms with Crippen LogP contribution in [-0.2, 0) is 38.6 Å². The van der Waals surface area contributed by atoms with Crippen molar-refractivity contribution in [3.8, 4) is 5.75 Å². The van der Waals surface area contributed by atoms with Crippen molar-refractivity contribution >= 4 is 29.0 Å². The molecule has 1 aromatic carbocycles. The fourth-order valence-electron chi connectivity index (χ4n) is 5.64. The Kier molecular flexibility index (Phi) is 4.86. The molecule has 0 heterocycles. The molecule has 1 amide bonds. The highest BCUT2D eigenvalue weighted by atomic mass is 16.3. The van der Waals surface area contributed by atoms with Crippen LogP contribution in [0.4, 0.5) is 0 Å². The van der Waals surface area contributed by atoms with Gasteiger partial charge in [0.1, 0.15) is 5.75 Å². The van der Waals surface area contributed by atoms with E-state index in [0.29, 0.717) is 17.5 Å². The van der Waals surface area contributed by atoms with E-state index < -0.39 is 58.3 Å². The third kappa shape index (κ3) is 2.73. The van der Waals surface area contributed by atoms with Crippen LogP contribution in [0, 0.1) is 23.7 Å². The summed E-state index contributed by atoms with van der Waals surface area (Å²) in [5.74, 6) is -10.0. The van der Waals surface area contributed by atoms with Gasteiger partial charge in [0.15, 0.2) is 34.7 Å². The minimum atomic E-state index is -2.63. The number of aliphatic hydroxyl groups is 1. The van der Waals surface area contributed by atoms with E-state index in [1.54, 1.807) is 6.07 Å². The summed E-state index contributed by atoms with van der Waals surface area (Å²) in [5.41, 5.74) is 10.1. The first-order valence-corrected chi connectivity index (χ1v) is 10.3. The number of fused-ring (bicyclic) bond motifs is 3. The molecule has 0 saturated heterocycles. The molecule has 9 heteroatoms. The number of aromatic hydroxyl groups is 1. The molecule has 31 heavy (non-hydrogen) atoms. The van der Waals surface area contributed by atoms with E-state index >= 15 is 0 Å². The maximum absolute atomic E-state index is 13.4. The summed E-state index contributed by atoms with van der Waals surface area (Å²) < 4.78 is 0. The zero-order valence-corrected chi connectivity index (χ0v) is 17.0. The molecule has 2 fully saturated rings. The lowest BCUT2D eigenvalue weighted by Gasteiger charge is -2.48. The zero-order chi connectivity index (χ0) is 22.8. The minimum absolute atomic E-state index is 0.00207. The van der Waals surface area contributed by atoms with Crippen molar-refractivity contribution in [2.45, 2.75) is 44.8 Å². The first-order valence-electron chi connectivity index (χ1n) is 10.3. The van der Waals surface area contributed by atoms with E-state index in [0.717, 1.165) is 5.56 Å². The quantitative estimate of drug-likeness (QED) is 0.459. The van der Waals surface area contributed by atoms with Crippen molar-refractivity contribution in [1.82, 2.24) is 0 Å². The summed E-state index contributed by atoms with van der Waals surface area (Å²) in [7, 11) is 0. The number of Topliss-reactive ketones (excluding diaryl/α,β-unsaturated/α-hetero) is 4. The molecule has 3 aliphatic rings.